The van der Waals surface area contributed by atoms with Gasteiger partial charge in [0.1, 0.15) is 11.9 Å². The first-order valence-corrected chi connectivity index (χ1v) is 9.02. The van der Waals surface area contributed by atoms with Gasteiger partial charge in [0.2, 0.25) is 5.91 Å². The largest absolute Gasteiger partial charge is 0.361 e. The first kappa shape index (κ1) is 17.3. The zero-order chi connectivity index (χ0) is 18.8. The van der Waals surface area contributed by atoms with Gasteiger partial charge in [-0.15, -0.1) is 0 Å². The molecule has 1 heterocycles. The molecule has 5 nitrogen and oxygen atoms in total. The van der Waals surface area contributed by atoms with Crippen LogP contribution in [0.15, 0.2) is 54.7 Å². The maximum absolute atomic E-state index is 13.4. The molecule has 0 spiro atoms. The van der Waals surface area contributed by atoms with E-state index >= 15 is 0 Å². The molecular weight excluding hydrogens is 345 g/mol. The highest BCUT2D eigenvalue weighted by Gasteiger charge is 2.29. The number of fused-ring (bicyclic) bond motifs is 1. The highest BCUT2D eigenvalue weighted by Crippen LogP contribution is 2.21. The molecule has 3 aromatic rings. The van der Waals surface area contributed by atoms with Gasteiger partial charge < -0.3 is 15.6 Å². The van der Waals surface area contributed by atoms with Gasteiger partial charge in [0.15, 0.2) is 0 Å². The van der Waals surface area contributed by atoms with Crippen molar-refractivity contribution in [2.45, 2.75) is 31.3 Å². The zero-order valence-electron chi connectivity index (χ0n) is 14.7. The van der Waals surface area contributed by atoms with Crippen LogP contribution >= 0.6 is 0 Å². The molecule has 1 aliphatic carbocycles. The van der Waals surface area contributed by atoms with E-state index in [-0.39, 0.29) is 17.5 Å². The summed E-state index contributed by atoms with van der Waals surface area (Å²) in [6, 6.07) is 12.7. The number of H-pyrrole nitrogens is 1. The van der Waals surface area contributed by atoms with Crippen LogP contribution in [-0.2, 0) is 11.2 Å². The molecule has 138 valence electrons. The van der Waals surface area contributed by atoms with E-state index < -0.39 is 17.8 Å². The molecule has 0 saturated heterocycles. The fourth-order valence-corrected chi connectivity index (χ4v) is 3.13. The van der Waals surface area contributed by atoms with Gasteiger partial charge >= 0.3 is 0 Å². The minimum Gasteiger partial charge on any atom is -0.361 e. The second kappa shape index (κ2) is 7.23. The van der Waals surface area contributed by atoms with Crippen molar-refractivity contribution in [3.63, 3.8) is 0 Å². The van der Waals surface area contributed by atoms with Crippen LogP contribution in [0.2, 0.25) is 0 Å². The Morgan fingerprint density at radius 3 is 2.74 bits per heavy atom. The lowest BCUT2D eigenvalue weighted by molar-refractivity contribution is -0.123. The Morgan fingerprint density at radius 2 is 1.96 bits per heavy atom. The maximum atomic E-state index is 13.4. The summed E-state index contributed by atoms with van der Waals surface area (Å²) in [6.45, 7) is 0. The van der Waals surface area contributed by atoms with Gasteiger partial charge in [-0.3, -0.25) is 9.59 Å². The molecule has 1 fully saturated rings. The molecule has 1 saturated carbocycles. The molecule has 1 atom stereocenters. The number of hydrogen-bond donors (Lipinski definition) is 3. The van der Waals surface area contributed by atoms with Crippen molar-refractivity contribution < 1.29 is 14.0 Å². The number of benzene rings is 2. The van der Waals surface area contributed by atoms with Crippen molar-refractivity contribution >= 4 is 22.7 Å². The van der Waals surface area contributed by atoms with Gasteiger partial charge in [-0.25, -0.2) is 4.39 Å². The van der Waals surface area contributed by atoms with Gasteiger partial charge in [-0.05, 0) is 42.7 Å². The van der Waals surface area contributed by atoms with E-state index in [9.17, 15) is 14.0 Å². The second-order valence-electron chi connectivity index (χ2n) is 6.88. The standard InChI is InChI=1S/C21H20FN3O2/c22-15-5-3-4-13(10-15)20(26)25-19(21(27)24-16-8-9-16)11-14-12-23-18-7-2-1-6-17(14)18/h1-7,10,12,16,19,23H,8-9,11H2,(H,24,27)(H,25,26)/t19-/m1/s1. The third-order valence-electron chi connectivity index (χ3n) is 4.73. The summed E-state index contributed by atoms with van der Waals surface area (Å²) >= 11 is 0. The average Bonchev–Trinajstić information content (AvgIpc) is 3.39. The average molecular weight is 365 g/mol. The molecule has 2 aromatic carbocycles. The van der Waals surface area contributed by atoms with Crippen molar-refractivity contribution in [3.8, 4) is 0 Å². The number of carbonyl (C=O) groups excluding carboxylic acids is 2. The van der Waals surface area contributed by atoms with Crippen LogP contribution in [0.5, 0.6) is 0 Å². The van der Waals surface area contributed by atoms with Gasteiger partial charge in [-0.2, -0.15) is 0 Å². The van der Waals surface area contributed by atoms with E-state index in [0.717, 1.165) is 35.4 Å². The van der Waals surface area contributed by atoms with Crippen molar-refractivity contribution in [2.75, 3.05) is 0 Å². The van der Waals surface area contributed by atoms with E-state index in [1.54, 1.807) is 0 Å². The molecule has 0 bridgehead atoms. The first-order valence-electron chi connectivity index (χ1n) is 9.02. The molecule has 4 rings (SSSR count). The lowest BCUT2D eigenvalue weighted by Crippen LogP contribution is -2.48. The number of para-hydroxylation sites is 1. The third-order valence-corrected chi connectivity index (χ3v) is 4.73. The topological polar surface area (TPSA) is 74.0 Å². The van der Waals surface area contributed by atoms with Crippen molar-refractivity contribution in [3.05, 3.63) is 71.7 Å². The van der Waals surface area contributed by atoms with Crippen LogP contribution < -0.4 is 10.6 Å². The molecule has 27 heavy (non-hydrogen) atoms. The quantitative estimate of drug-likeness (QED) is 0.628. The summed E-state index contributed by atoms with van der Waals surface area (Å²) < 4.78 is 13.4. The summed E-state index contributed by atoms with van der Waals surface area (Å²) in [5.74, 6) is -1.17. The molecule has 6 heteroatoms. The highest BCUT2D eigenvalue weighted by molar-refractivity contribution is 5.98. The van der Waals surface area contributed by atoms with E-state index in [0.29, 0.717) is 6.42 Å². The lowest BCUT2D eigenvalue weighted by atomic mass is 10.0. The van der Waals surface area contributed by atoms with Gasteiger partial charge in [0.05, 0.1) is 0 Å². The monoisotopic (exact) mass is 365 g/mol. The Balaban J connectivity index is 1.56. The number of amides is 2. The second-order valence-corrected chi connectivity index (χ2v) is 6.88. The van der Waals surface area contributed by atoms with Gasteiger partial charge in [-0.1, -0.05) is 24.3 Å². The van der Waals surface area contributed by atoms with Crippen LogP contribution in [0.3, 0.4) is 0 Å². The van der Waals surface area contributed by atoms with Gasteiger partial charge in [0.25, 0.3) is 5.91 Å². The van der Waals surface area contributed by atoms with E-state index in [4.69, 9.17) is 0 Å². The Labute approximate surface area is 156 Å². The third kappa shape index (κ3) is 4.00. The fraction of sp³-hybridized carbons (Fsp3) is 0.238. The van der Waals surface area contributed by atoms with Crippen molar-refractivity contribution in [2.24, 2.45) is 0 Å². The Hall–Kier alpha value is -3.15. The minimum atomic E-state index is -0.736. The van der Waals surface area contributed by atoms with Crippen LogP contribution in [0, 0.1) is 5.82 Å². The molecule has 2 amide bonds. The summed E-state index contributed by atoms with van der Waals surface area (Å²) in [5, 5.41) is 6.73. The molecule has 1 aliphatic rings. The normalized spacial score (nSPS) is 14.7. The predicted octanol–water partition coefficient (Wildman–Crippen LogP) is 2.93. The van der Waals surface area contributed by atoms with E-state index in [1.165, 1.54) is 18.2 Å². The smallest absolute Gasteiger partial charge is 0.252 e. The number of aromatic nitrogens is 1. The van der Waals surface area contributed by atoms with Crippen LogP contribution in [0.4, 0.5) is 4.39 Å². The SMILES string of the molecule is O=C(N[C@H](Cc1c[nH]c2ccccc12)C(=O)NC1CC1)c1cccc(F)c1. The van der Waals surface area contributed by atoms with Crippen LogP contribution in [0.25, 0.3) is 10.9 Å². The van der Waals surface area contributed by atoms with Crippen LogP contribution in [0.1, 0.15) is 28.8 Å². The molecule has 0 unspecified atom stereocenters. The van der Waals surface area contributed by atoms with E-state index in [1.807, 2.05) is 30.5 Å². The minimum absolute atomic E-state index is 0.189. The van der Waals surface area contributed by atoms with Gasteiger partial charge in [0, 0.05) is 35.1 Å². The highest BCUT2D eigenvalue weighted by atomic mass is 19.1. The van der Waals surface area contributed by atoms with Crippen LogP contribution in [-0.4, -0.2) is 28.9 Å². The molecular formula is C21H20FN3O2. The molecule has 1 aromatic heterocycles. The fourth-order valence-electron chi connectivity index (χ4n) is 3.13. The number of halogens is 1. The number of hydrogen-bond acceptors (Lipinski definition) is 2. The Bertz CT molecular complexity index is 994. The van der Waals surface area contributed by atoms with Crippen molar-refractivity contribution in [1.82, 2.24) is 15.6 Å². The van der Waals surface area contributed by atoms with E-state index in [2.05, 4.69) is 15.6 Å². The van der Waals surface area contributed by atoms with Crippen molar-refractivity contribution in [1.29, 1.82) is 0 Å². The maximum Gasteiger partial charge on any atom is 0.252 e. The molecule has 0 aliphatic heterocycles. The summed E-state index contributed by atoms with van der Waals surface area (Å²) in [6.07, 6.45) is 4.13. The Morgan fingerprint density at radius 1 is 1.15 bits per heavy atom. The lowest BCUT2D eigenvalue weighted by Gasteiger charge is -2.18. The summed E-state index contributed by atoms with van der Waals surface area (Å²) in [4.78, 5) is 28.4. The number of aromatic amines is 1. The summed E-state index contributed by atoms with van der Waals surface area (Å²) in [5.41, 5.74) is 2.12. The summed E-state index contributed by atoms with van der Waals surface area (Å²) in [7, 11) is 0. The number of carbonyl (C=O) groups is 2. The number of nitrogens with one attached hydrogen (secondary N) is 3. The number of rotatable bonds is 6. The molecule has 3 N–H and O–H groups in total. The Kier molecular flexibility index (Phi) is 4.62. The first-order chi connectivity index (χ1) is 13.1. The zero-order valence-corrected chi connectivity index (χ0v) is 14.7. The predicted molar refractivity (Wildman–Crippen MR) is 101 cm³/mol. The molecule has 0 radical (unpaired) electrons.